The quantitative estimate of drug-likeness (QED) is 0.154. The van der Waals surface area contributed by atoms with Crippen LogP contribution < -0.4 is 10.5 Å². The summed E-state index contributed by atoms with van der Waals surface area (Å²) in [4.78, 5) is 21.3. The fraction of sp³-hybridized carbons (Fsp3) is 0.923. The molecule has 2 N–H and O–H groups in total. The number of nitrogens with one attached hydrogen (secondary N) is 1. The van der Waals surface area contributed by atoms with Crippen molar-refractivity contribution in [2.24, 2.45) is 0 Å². The third kappa shape index (κ3) is 26.9. The highest BCUT2D eigenvalue weighted by atomic mass is 16.4. The first-order chi connectivity index (χ1) is 15.2. The molecule has 0 saturated carbocycles. The molecule has 0 saturated heterocycles. The number of rotatable bonds is 20. The largest absolute Gasteiger partial charge is 0.547 e. The molecule has 0 spiro atoms. The minimum Gasteiger partial charge on any atom is -0.547 e. The molecule has 0 fully saturated rings. The van der Waals surface area contributed by atoms with Crippen LogP contribution in [0, 0.1) is 0 Å². The van der Waals surface area contributed by atoms with E-state index in [2.05, 4.69) is 33.4 Å². The van der Waals surface area contributed by atoms with E-state index < -0.39 is 12.1 Å². The fourth-order valence-electron chi connectivity index (χ4n) is 3.67. The van der Waals surface area contributed by atoms with Gasteiger partial charge in [0.05, 0.1) is 26.2 Å². The molecule has 0 rings (SSSR count). The van der Waals surface area contributed by atoms with Crippen molar-refractivity contribution in [3.8, 4) is 0 Å². The molecule has 0 aliphatic rings. The molecule has 0 aliphatic heterocycles. The van der Waals surface area contributed by atoms with Gasteiger partial charge in [-0.2, -0.15) is 0 Å². The third-order valence-electron chi connectivity index (χ3n) is 5.56. The summed E-state index contributed by atoms with van der Waals surface area (Å²) in [7, 11) is 4.13. The van der Waals surface area contributed by atoms with Crippen LogP contribution in [0.3, 0.4) is 0 Å². The minimum atomic E-state index is -1.44. The van der Waals surface area contributed by atoms with Gasteiger partial charge in [-0.3, -0.25) is 4.79 Å². The molecular formula is C26H54N2O4. The Balaban J connectivity index is 0. The Hall–Kier alpha value is -1.14. The van der Waals surface area contributed by atoms with Crippen LogP contribution >= 0.6 is 0 Å². The van der Waals surface area contributed by atoms with Crippen LogP contribution in [0.5, 0.6) is 0 Å². The van der Waals surface area contributed by atoms with Crippen molar-refractivity contribution in [3.05, 3.63) is 0 Å². The number of aliphatic carboxylic acids is 1. The minimum absolute atomic E-state index is 0.207. The second-order valence-corrected chi connectivity index (χ2v) is 9.64. The molecule has 0 radical (unpaired) electrons. The van der Waals surface area contributed by atoms with Gasteiger partial charge in [0.1, 0.15) is 6.54 Å². The van der Waals surface area contributed by atoms with Gasteiger partial charge in [0.25, 0.3) is 5.91 Å². The number of hydrogen-bond acceptors (Lipinski definition) is 4. The highest BCUT2D eigenvalue weighted by Crippen LogP contribution is 2.13. The smallest absolute Gasteiger partial charge is 0.264 e. The second kappa shape index (κ2) is 23.0. The Morgan fingerprint density at radius 2 is 1.09 bits per heavy atom. The van der Waals surface area contributed by atoms with Gasteiger partial charge < -0.3 is 15.0 Å². The average molecular weight is 459 g/mol. The van der Waals surface area contributed by atoms with E-state index in [0.717, 1.165) is 26.3 Å². The van der Waals surface area contributed by atoms with Gasteiger partial charge in [0.15, 0.2) is 0 Å². The number of carbonyl (C=O) groups is 2. The molecule has 1 atom stereocenters. The SMILES string of the molecule is CC(O)C(=O)[O-].CCCCCCCCCCCCCCCCCC(=O)N[N+](C)(C)CCC. The van der Waals surface area contributed by atoms with Crippen molar-refractivity contribution >= 4 is 11.9 Å². The van der Waals surface area contributed by atoms with Crippen molar-refractivity contribution in [2.75, 3.05) is 20.6 Å². The Kier molecular flexibility index (Phi) is 23.8. The second-order valence-electron chi connectivity index (χ2n) is 9.64. The number of aliphatic hydroxyl groups is 1. The maximum absolute atomic E-state index is 11.9. The maximum atomic E-state index is 11.9. The number of quaternary nitrogens is 1. The number of unbranched alkanes of at least 4 members (excludes halogenated alkanes) is 14. The van der Waals surface area contributed by atoms with Gasteiger partial charge in [-0.1, -0.05) is 104 Å². The summed E-state index contributed by atoms with van der Waals surface area (Å²) >= 11 is 0. The van der Waals surface area contributed by atoms with Gasteiger partial charge in [0, 0.05) is 6.42 Å². The zero-order valence-electron chi connectivity index (χ0n) is 21.9. The maximum Gasteiger partial charge on any atom is 0.264 e. The number of hydrogen-bond donors (Lipinski definition) is 2. The first kappa shape index (κ1) is 33.0. The van der Waals surface area contributed by atoms with Crippen molar-refractivity contribution in [3.63, 3.8) is 0 Å². The van der Waals surface area contributed by atoms with Crippen molar-refractivity contribution in [1.82, 2.24) is 5.43 Å². The number of nitrogens with zero attached hydrogens (tertiary/aromatic N) is 1. The zero-order valence-corrected chi connectivity index (χ0v) is 21.9. The number of carboxylic acids is 1. The Morgan fingerprint density at radius 1 is 0.750 bits per heavy atom. The molecule has 32 heavy (non-hydrogen) atoms. The number of amides is 1. The summed E-state index contributed by atoms with van der Waals surface area (Å²) in [5.74, 6) is -1.23. The summed E-state index contributed by atoms with van der Waals surface area (Å²) in [6.45, 7) is 6.56. The van der Waals surface area contributed by atoms with Crippen LogP contribution in [0.15, 0.2) is 0 Å². The van der Waals surface area contributed by atoms with Gasteiger partial charge in [-0.25, -0.2) is 10.0 Å². The normalized spacial score (nSPS) is 12.1. The van der Waals surface area contributed by atoms with Crippen LogP contribution in [0.1, 0.15) is 130 Å². The summed E-state index contributed by atoms with van der Waals surface area (Å²) in [5, 5.41) is 17.3. The standard InChI is InChI=1S/C23H48N2O.C3H6O3/c1-5-7-8-9-10-11-12-13-14-15-16-17-18-19-20-21-23(26)24-25(3,4)22-6-2;1-2(4)3(5)6/h5-22H2,1-4H3;2,4H,1H3,(H,5,6). The number of carboxylic acid groups (broad SMARTS) is 1. The number of aliphatic hydroxyl groups excluding tert-OH is 1. The molecule has 192 valence electrons. The lowest BCUT2D eigenvalue weighted by Gasteiger charge is -2.28. The van der Waals surface area contributed by atoms with Crippen LogP contribution in [0.25, 0.3) is 0 Å². The van der Waals surface area contributed by atoms with Crippen LogP contribution in [0.4, 0.5) is 0 Å². The van der Waals surface area contributed by atoms with Gasteiger partial charge in [0.2, 0.25) is 0 Å². The van der Waals surface area contributed by atoms with E-state index >= 15 is 0 Å². The van der Waals surface area contributed by atoms with Gasteiger partial charge >= 0.3 is 0 Å². The lowest BCUT2D eigenvalue weighted by atomic mass is 10.0. The van der Waals surface area contributed by atoms with E-state index in [1.165, 1.54) is 89.9 Å². The summed E-state index contributed by atoms with van der Waals surface area (Å²) in [6.07, 6.45) is 20.9. The van der Waals surface area contributed by atoms with E-state index in [1.54, 1.807) is 0 Å². The lowest BCUT2D eigenvalue weighted by molar-refractivity contribution is -0.925. The molecule has 0 aliphatic carbocycles. The predicted octanol–water partition coefficient (Wildman–Crippen LogP) is 4.88. The van der Waals surface area contributed by atoms with Crippen molar-refractivity contribution in [2.45, 2.75) is 136 Å². The molecular weight excluding hydrogens is 404 g/mol. The molecule has 0 aromatic carbocycles. The molecule has 0 aromatic rings. The molecule has 0 heterocycles. The van der Waals surface area contributed by atoms with Gasteiger partial charge in [-0.15, -0.1) is 0 Å². The Labute approximate surface area is 198 Å². The topological polar surface area (TPSA) is 89.5 Å². The van der Waals surface area contributed by atoms with Crippen LogP contribution in [-0.2, 0) is 9.59 Å². The summed E-state index contributed by atoms with van der Waals surface area (Å²) in [6, 6.07) is 0. The van der Waals surface area contributed by atoms with E-state index in [9.17, 15) is 14.7 Å². The van der Waals surface area contributed by atoms with Gasteiger partial charge in [-0.05, 0) is 19.8 Å². The zero-order chi connectivity index (χ0) is 24.7. The molecule has 0 bridgehead atoms. The van der Waals surface area contributed by atoms with E-state index in [0.29, 0.717) is 11.0 Å². The molecule has 6 heteroatoms. The van der Waals surface area contributed by atoms with Crippen LogP contribution in [-0.4, -0.2) is 48.3 Å². The Morgan fingerprint density at radius 3 is 1.41 bits per heavy atom. The van der Waals surface area contributed by atoms with E-state index in [4.69, 9.17) is 5.11 Å². The summed E-state index contributed by atoms with van der Waals surface area (Å²) < 4.78 is 0.605. The fourth-order valence-corrected chi connectivity index (χ4v) is 3.67. The molecule has 6 nitrogen and oxygen atoms in total. The summed E-state index contributed by atoms with van der Waals surface area (Å²) in [5.41, 5.74) is 3.11. The van der Waals surface area contributed by atoms with Crippen LogP contribution in [0.2, 0.25) is 0 Å². The third-order valence-corrected chi connectivity index (χ3v) is 5.56. The molecule has 0 aromatic heterocycles. The van der Waals surface area contributed by atoms with Crippen molar-refractivity contribution in [1.29, 1.82) is 0 Å². The molecule has 1 amide bonds. The number of carbonyl (C=O) groups excluding carboxylic acids is 2. The molecule has 1 unspecified atom stereocenters. The highest BCUT2D eigenvalue weighted by molar-refractivity contribution is 5.74. The van der Waals surface area contributed by atoms with E-state index in [1.807, 2.05) is 0 Å². The first-order valence-electron chi connectivity index (χ1n) is 13.2. The highest BCUT2D eigenvalue weighted by Gasteiger charge is 2.16. The van der Waals surface area contributed by atoms with Crippen molar-refractivity contribution < 1.29 is 24.4 Å². The monoisotopic (exact) mass is 458 g/mol. The average Bonchev–Trinajstić information content (AvgIpc) is 2.70. The lowest BCUT2D eigenvalue weighted by Crippen LogP contribution is -2.54. The van der Waals surface area contributed by atoms with E-state index in [-0.39, 0.29) is 5.91 Å². The Bertz CT molecular complexity index is 440. The first-order valence-corrected chi connectivity index (χ1v) is 13.2. The predicted molar refractivity (Wildman–Crippen MR) is 132 cm³/mol.